The number of rotatable bonds is 8. The van der Waals surface area contributed by atoms with Crippen LogP contribution >= 0.6 is 0 Å². The molecule has 1 aromatic carbocycles. The van der Waals surface area contributed by atoms with Crippen LogP contribution in [0.1, 0.15) is 38.7 Å². The Morgan fingerprint density at radius 3 is 2.45 bits per heavy atom. The number of hydrogen-bond donors (Lipinski definition) is 1. The molecule has 2 aliphatic heterocycles. The van der Waals surface area contributed by atoms with E-state index in [1.54, 1.807) is 35.4 Å². The van der Waals surface area contributed by atoms with Crippen molar-refractivity contribution in [1.29, 1.82) is 0 Å². The molecule has 2 fully saturated rings. The van der Waals surface area contributed by atoms with E-state index in [1.807, 2.05) is 13.8 Å². The van der Waals surface area contributed by atoms with Gasteiger partial charge in [0.2, 0.25) is 5.91 Å². The molecule has 0 spiro atoms. The zero-order valence-corrected chi connectivity index (χ0v) is 21.9. The van der Waals surface area contributed by atoms with Gasteiger partial charge in [0.05, 0.1) is 37.2 Å². The van der Waals surface area contributed by atoms with Crippen LogP contribution in [0.3, 0.4) is 0 Å². The fourth-order valence-electron chi connectivity index (χ4n) is 4.76. The number of alkyl halides is 1. The third kappa shape index (κ3) is 7.18. The smallest absolute Gasteiger partial charge is 0.410 e. The molecule has 2 aliphatic rings. The van der Waals surface area contributed by atoms with E-state index in [2.05, 4.69) is 4.98 Å². The molecule has 206 valence electrons. The van der Waals surface area contributed by atoms with E-state index in [0.717, 1.165) is 12.8 Å². The van der Waals surface area contributed by atoms with Crippen LogP contribution in [0.2, 0.25) is 0 Å². The molecule has 2 atom stereocenters. The molecule has 0 radical (unpaired) electrons. The molecule has 0 bridgehead atoms. The third-order valence-electron chi connectivity index (χ3n) is 6.98. The topological polar surface area (TPSA) is 98.0 Å². The number of nitrogens with two attached hydrogens (primary N) is 1. The maximum absolute atomic E-state index is 14.8. The Kier molecular flexibility index (Phi) is 9.14. The minimum absolute atomic E-state index is 0.0381. The third-order valence-corrected chi connectivity index (χ3v) is 6.98. The van der Waals surface area contributed by atoms with E-state index in [1.165, 1.54) is 11.0 Å². The second kappa shape index (κ2) is 12.5. The molecule has 2 saturated heterocycles. The molecule has 0 aliphatic carbocycles. The Labute approximate surface area is 222 Å². The Morgan fingerprint density at radius 1 is 1.11 bits per heavy atom. The summed E-state index contributed by atoms with van der Waals surface area (Å²) in [4.78, 5) is 32.0. The fourth-order valence-corrected chi connectivity index (χ4v) is 4.76. The lowest BCUT2D eigenvalue weighted by atomic mass is 9.98. The van der Waals surface area contributed by atoms with E-state index in [0.29, 0.717) is 61.2 Å². The van der Waals surface area contributed by atoms with Crippen molar-refractivity contribution in [1.82, 2.24) is 14.8 Å². The predicted molar refractivity (Wildman–Crippen MR) is 139 cm³/mol. The number of ether oxygens (including phenoxy) is 2. The normalized spacial score (nSPS) is 19.1. The summed E-state index contributed by atoms with van der Waals surface area (Å²) in [5, 5.41) is 0. The molecule has 4 rings (SSSR count). The van der Waals surface area contributed by atoms with Crippen molar-refractivity contribution in [2.45, 2.75) is 57.8 Å². The zero-order valence-electron chi connectivity index (χ0n) is 21.9. The number of benzene rings is 1. The zero-order chi connectivity index (χ0) is 27.2. The highest BCUT2D eigenvalue weighted by Crippen LogP contribution is 2.25. The van der Waals surface area contributed by atoms with Crippen molar-refractivity contribution in [3.8, 4) is 17.0 Å². The van der Waals surface area contributed by atoms with Crippen LogP contribution in [-0.4, -0.2) is 77.9 Å². The lowest BCUT2D eigenvalue weighted by Crippen LogP contribution is -2.44. The van der Waals surface area contributed by atoms with Crippen molar-refractivity contribution in [2.24, 2.45) is 11.7 Å². The van der Waals surface area contributed by atoms with Gasteiger partial charge in [-0.05, 0) is 69.2 Å². The second-order valence-corrected chi connectivity index (χ2v) is 10.3. The van der Waals surface area contributed by atoms with Gasteiger partial charge in [-0.25, -0.2) is 13.6 Å². The minimum Gasteiger partial charge on any atom is -0.492 e. The summed E-state index contributed by atoms with van der Waals surface area (Å²) in [6.07, 6.45) is 2.23. The summed E-state index contributed by atoms with van der Waals surface area (Å²) >= 11 is 0. The van der Waals surface area contributed by atoms with Crippen molar-refractivity contribution >= 4 is 12.0 Å². The highest BCUT2D eigenvalue weighted by molar-refractivity contribution is 5.82. The van der Waals surface area contributed by atoms with Gasteiger partial charge < -0.3 is 25.0 Å². The number of piperidine rings is 1. The van der Waals surface area contributed by atoms with Gasteiger partial charge in [-0.15, -0.1) is 0 Å². The van der Waals surface area contributed by atoms with Gasteiger partial charge in [-0.1, -0.05) is 12.1 Å². The van der Waals surface area contributed by atoms with Gasteiger partial charge in [0.1, 0.15) is 17.7 Å². The number of carbonyl (C=O) groups excluding carboxylic acids is 2. The van der Waals surface area contributed by atoms with Gasteiger partial charge in [0.15, 0.2) is 0 Å². The lowest BCUT2D eigenvalue weighted by Gasteiger charge is -2.31. The van der Waals surface area contributed by atoms with Crippen molar-refractivity contribution in [3.05, 3.63) is 47.9 Å². The van der Waals surface area contributed by atoms with Crippen molar-refractivity contribution in [2.75, 3.05) is 32.8 Å². The van der Waals surface area contributed by atoms with Gasteiger partial charge in [0, 0.05) is 25.2 Å². The number of carbonyl (C=O) groups is 2. The minimum atomic E-state index is -1.02. The van der Waals surface area contributed by atoms with Crippen LogP contribution < -0.4 is 10.5 Å². The Bertz CT molecular complexity index is 1110. The van der Waals surface area contributed by atoms with Gasteiger partial charge in [-0.2, -0.15) is 0 Å². The molecule has 2 amide bonds. The quantitative estimate of drug-likeness (QED) is 0.555. The van der Waals surface area contributed by atoms with Crippen LogP contribution in [0.15, 0.2) is 36.5 Å². The van der Waals surface area contributed by atoms with E-state index in [4.69, 9.17) is 15.2 Å². The van der Waals surface area contributed by atoms with E-state index < -0.39 is 18.0 Å². The number of nitrogens with zero attached hydrogens (tertiary/aromatic N) is 3. The largest absolute Gasteiger partial charge is 0.492 e. The predicted octanol–water partition coefficient (Wildman–Crippen LogP) is 3.96. The molecule has 0 saturated carbocycles. The second-order valence-electron chi connectivity index (χ2n) is 10.3. The number of pyridine rings is 1. The van der Waals surface area contributed by atoms with Gasteiger partial charge >= 0.3 is 6.09 Å². The molecular formula is C28H36F2N4O4. The van der Waals surface area contributed by atoms with Crippen LogP contribution in [0.4, 0.5) is 13.6 Å². The Balaban J connectivity index is 1.26. The molecule has 2 unspecified atom stereocenters. The molecule has 3 heterocycles. The summed E-state index contributed by atoms with van der Waals surface area (Å²) in [5.41, 5.74) is 7.51. The number of amides is 2. The average molecular weight is 531 g/mol. The van der Waals surface area contributed by atoms with E-state index in [9.17, 15) is 18.4 Å². The first-order valence-corrected chi connectivity index (χ1v) is 13.2. The van der Waals surface area contributed by atoms with Crippen molar-refractivity contribution in [3.63, 3.8) is 0 Å². The number of likely N-dealkylation sites (tertiary alicyclic amines) is 2. The van der Waals surface area contributed by atoms with Crippen LogP contribution in [0, 0.1) is 11.7 Å². The van der Waals surface area contributed by atoms with E-state index in [-0.39, 0.29) is 31.1 Å². The summed E-state index contributed by atoms with van der Waals surface area (Å²) in [6.45, 7) is 5.89. The standard InChI is InChI=1S/C28H36F2N4O4/c1-18(2)38-28(36)33-10-7-19(8-11-33)17-37-23-5-6-26(32-15-23)21-4-3-20(24(30)13-21)14-25(31)27(35)34-12-9-22(29)16-34/h3-6,13,15,18-19,22,25H,7-12,14,16-17,31H2,1-2H3. The van der Waals surface area contributed by atoms with Crippen molar-refractivity contribution < 1.29 is 27.8 Å². The first-order valence-electron chi connectivity index (χ1n) is 13.2. The summed E-state index contributed by atoms with van der Waals surface area (Å²) in [6, 6.07) is 7.37. The number of halogens is 2. The van der Waals surface area contributed by atoms with E-state index >= 15 is 0 Å². The van der Waals surface area contributed by atoms with Crippen LogP contribution in [0.5, 0.6) is 5.75 Å². The maximum Gasteiger partial charge on any atom is 0.410 e. The first kappa shape index (κ1) is 27.8. The summed E-state index contributed by atoms with van der Waals surface area (Å²) in [5.74, 6) is 0.127. The molecule has 10 heteroatoms. The first-order chi connectivity index (χ1) is 18.2. The van der Waals surface area contributed by atoms with Gasteiger partial charge in [0.25, 0.3) is 0 Å². The average Bonchev–Trinajstić information content (AvgIpc) is 3.34. The monoisotopic (exact) mass is 530 g/mol. The number of aromatic nitrogens is 1. The molecular weight excluding hydrogens is 494 g/mol. The highest BCUT2D eigenvalue weighted by atomic mass is 19.1. The maximum atomic E-state index is 14.8. The van der Waals surface area contributed by atoms with Crippen LogP contribution in [0.25, 0.3) is 11.3 Å². The molecule has 2 N–H and O–H groups in total. The molecule has 1 aromatic heterocycles. The van der Waals surface area contributed by atoms with Gasteiger partial charge in [-0.3, -0.25) is 9.78 Å². The molecule has 38 heavy (non-hydrogen) atoms. The fraction of sp³-hybridized carbons (Fsp3) is 0.536. The SMILES string of the molecule is CC(C)OC(=O)N1CCC(COc2ccc(-c3ccc(CC(N)C(=O)N4CCC(F)C4)c(F)c3)nc2)CC1. The summed E-state index contributed by atoms with van der Waals surface area (Å²) < 4.78 is 39.4. The lowest BCUT2D eigenvalue weighted by molar-refractivity contribution is -0.131. The Hall–Kier alpha value is -3.27. The highest BCUT2D eigenvalue weighted by Gasteiger charge is 2.29. The summed E-state index contributed by atoms with van der Waals surface area (Å²) in [7, 11) is 0. The molecule has 8 nitrogen and oxygen atoms in total. The number of hydrogen-bond acceptors (Lipinski definition) is 6. The van der Waals surface area contributed by atoms with Crippen LogP contribution in [-0.2, 0) is 16.0 Å². The molecule has 2 aromatic rings. The Morgan fingerprint density at radius 2 is 1.84 bits per heavy atom.